The number of carbonyl (C=O) groups excluding carboxylic acids is 1. The monoisotopic (exact) mass is 482 g/mol. The second-order valence-electron chi connectivity index (χ2n) is 8.22. The molecular formula is C28H26N4O4. The smallest absolute Gasteiger partial charge is 0.278 e. The van der Waals surface area contributed by atoms with E-state index in [1.807, 2.05) is 60.7 Å². The zero-order valence-corrected chi connectivity index (χ0v) is 20.3. The van der Waals surface area contributed by atoms with Gasteiger partial charge in [-0.2, -0.15) is 0 Å². The quantitative estimate of drug-likeness (QED) is 0.375. The Hall–Kier alpha value is -4.59. The number of nitrogens with zero attached hydrogens (tertiary/aromatic N) is 3. The van der Waals surface area contributed by atoms with Gasteiger partial charge in [0.2, 0.25) is 0 Å². The summed E-state index contributed by atoms with van der Waals surface area (Å²) in [7, 11) is 4.78. The molecule has 2 heterocycles. The molecule has 182 valence electrons. The fraction of sp³-hybridized carbons (Fsp3) is 0.179. The number of aromatic amines is 1. The van der Waals surface area contributed by atoms with Crippen LogP contribution < -0.4 is 14.2 Å². The van der Waals surface area contributed by atoms with Gasteiger partial charge >= 0.3 is 0 Å². The number of rotatable bonds is 8. The van der Waals surface area contributed by atoms with Crippen molar-refractivity contribution in [3.05, 3.63) is 89.4 Å². The number of ether oxygens (including phenoxy) is 3. The molecule has 0 saturated carbocycles. The van der Waals surface area contributed by atoms with Gasteiger partial charge in [-0.3, -0.25) is 9.69 Å². The Labute approximate surface area is 208 Å². The van der Waals surface area contributed by atoms with Crippen LogP contribution in [-0.4, -0.2) is 54.5 Å². The van der Waals surface area contributed by atoms with Crippen LogP contribution in [0.1, 0.15) is 17.0 Å². The molecule has 0 bridgehead atoms. The number of hydrogen-bond donors (Lipinski definition) is 1. The molecule has 1 N–H and O–H groups in total. The van der Waals surface area contributed by atoms with E-state index >= 15 is 0 Å². The van der Waals surface area contributed by atoms with Crippen molar-refractivity contribution in [3.63, 3.8) is 0 Å². The van der Waals surface area contributed by atoms with Crippen molar-refractivity contribution < 1.29 is 19.0 Å². The maximum absolute atomic E-state index is 13.5. The van der Waals surface area contributed by atoms with Gasteiger partial charge in [-0.1, -0.05) is 18.2 Å². The molecule has 1 aromatic heterocycles. The molecule has 0 saturated heterocycles. The summed E-state index contributed by atoms with van der Waals surface area (Å²) in [6.07, 6.45) is 2.31. The number of nitrogens with one attached hydrogen (secondary N) is 1. The number of fused-ring (bicyclic) bond motifs is 1. The molecule has 0 unspecified atom stereocenters. The predicted molar refractivity (Wildman–Crippen MR) is 139 cm³/mol. The lowest BCUT2D eigenvalue weighted by Crippen LogP contribution is -2.34. The Morgan fingerprint density at radius 1 is 0.917 bits per heavy atom. The van der Waals surface area contributed by atoms with Gasteiger partial charge in [0, 0.05) is 18.5 Å². The molecule has 8 nitrogen and oxygen atoms in total. The van der Waals surface area contributed by atoms with Crippen LogP contribution in [0.25, 0.3) is 17.1 Å². The first kappa shape index (κ1) is 23.2. The summed E-state index contributed by atoms with van der Waals surface area (Å²) in [5.74, 6) is 3.16. The van der Waals surface area contributed by atoms with Gasteiger partial charge in [-0.05, 0) is 60.2 Å². The van der Waals surface area contributed by atoms with Crippen LogP contribution in [0.4, 0.5) is 0 Å². The highest BCUT2D eigenvalue weighted by Gasteiger charge is 2.31. The van der Waals surface area contributed by atoms with Crippen LogP contribution in [0, 0.1) is 0 Å². The molecule has 0 spiro atoms. The third kappa shape index (κ3) is 4.53. The van der Waals surface area contributed by atoms with E-state index in [4.69, 9.17) is 19.2 Å². The minimum absolute atomic E-state index is 0.174. The Morgan fingerprint density at radius 3 is 2.42 bits per heavy atom. The van der Waals surface area contributed by atoms with Gasteiger partial charge in [-0.25, -0.2) is 9.98 Å². The van der Waals surface area contributed by atoms with E-state index in [0.29, 0.717) is 36.0 Å². The molecule has 1 amide bonds. The highest BCUT2D eigenvalue weighted by molar-refractivity contribution is 6.19. The van der Waals surface area contributed by atoms with Crippen LogP contribution in [0.3, 0.4) is 0 Å². The van der Waals surface area contributed by atoms with Crippen LogP contribution in [0.15, 0.2) is 77.4 Å². The first-order valence-electron chi connectivity index (χ1n) is 11.5. The van der Waals surface area contributed by atoms with Crippen molar-refractivity contribution in [1.82, 2.24) is 14.9 Å². The minimum atomic E-state index is -0.174. The maximum atomic E-state index is 13.5. The van der Waals surface area contributed by atoms with E-state index in [-0.39, 0.29) is 5.91 Å². The Bertz CT molecular complexity index is 1440. The Morgan fingerprint density at radius 2 is 1.69 bits per heavy atom. The van der Waals surface area contributed by atoms with Crippen molar-refractivity contribution in [3.8, 4) is 17.2 Å². The number of aromatic nitrogens is 2. The van der Waals surface area contributed by atoms with Crippen LogP contribution in [0.5, 0.6) is 17.2 Å². The zero-order chi connectivity index (χ0) is 25.1. The number of amides is 1. The maximum Gasteiger partial charge on any atom is 0.278 e. The lowest BCUT2D eigenvalue weighted by atomic mass is 10.1. The average Bonchev–Trinajstić information content (AvgIpc) is 3.47. The van der Waals surface area contributed by atoms with E-state index in [1.165, 1.54) is 0 Å². The summed E-state index contributed by atoms with van der Waals surface area (Å²) in [6, 6.07) is 20.9. The lowest BCUT2D eigenvalue weighted by Gasteiger charge is -2.18. The molecule has 0 radical (unpaired) electrons. The van der Waals surface area contributed by atoms with Crippen molar-refractivity contribution in [2.24, 2.45) is 4.99 Å². The SMILES string of the molecule is COc1ccc(C2=NC(=Cc3ccc(OC)c(OC)c3)C(=O)N2CCc2nc3ccccc3[nH]2)cc1. The first-order chi connectivity index (χ1) is 17.6. The summed E-state index contributed by atoms with van der Waals surface area (Å²) < 4.78 is 16.0. The molecule has 0 atom stereocenters. The van der Waals surface area contributed by atoms with Crippen LogP contribution >= 0.6 is 0 Å². The first-order valence-corrected chi connectivity index (χ1v) is 11.5. The standard InChI is InChI=1S/C28H26N4O4/c1-34-20-11-9-19(10-12-20)27-31-23(16-18-8-13-24(35-2)25(17-18)36-3)28(33)32(27)15-14-26-29-21-6-4-5-7-22(21)30-26/h4-13,16-17H,14-15H2,1-3H3,(H,29,30). The van der Waals surface area contributed by atoms with Crippen LogP contribution in [0.2, 0.25) is 0 Å². The number of methoxy groups -OCH3 is 3. The van der Waals surface area contributed by atoms with Crippen molar-refractivity contribution in [2.45, 2.75) is 6.42 Å². The van der Waals surface area contributed by atoms with Gasteiger partial charge < -0.3 is 19.2 Å². The highest BCUT2D eigenvalue weighted by atomic mass is 16.5. The number of para-hydroxylation sites is 2. The predicted octanol–water partition coefficient (Wildman–Crippen LogP) is 4.46. The number of aliphatic imine (C=N–C) groups is 1. The number of benzene rings is 3. The molecule has 36 heavy (non-hydrogen) atoms. The molecule has 5 rings (SSSR count). The van der Waals surface area contributed by atoms with Gasteiger partial charge in [-0.15, -0.1) is 0 Å². The average molecular weight is 483 g/mol. The fourth-order valence-corrected chi connectivity index (χ4v) is 4.16. The summed E-state index contributed by atoms with van der Waals surface area (Å²) in [6.45, 7) is 0.423. The molecule has 1 aliphatic heterocycles. The van der Waals surface area contributed by atoms with E-state index in [1.54, 1.807) is 38.4 Å². The lowest BCUT2D eigenvalue weighted by molar-refractivity contribution is -0.122. The number of hydrogen-bond acceptors (Lipinski definition) is 6. The van der Waals surface area contributed by atoms with Crippen LogP contribution in [-0.2, 0) is 11.2 Å². The number of amidine groups is 1. The summed E-state index contributed by atoms with van der Waals surface area (Å²) in [5, 5.41) is 0. The Balaban J connectivity index is 1.47. The van der Waals surface area contributed by atoms with E-state index in [0.717, 1.165) is 33.7 Å². The molecule has 8 heteroatoms. The largest absolute Gasteiger partial charge is 0.497 e. The summed E-state index contributed by atoms with van der Waals surface area (Å²) >= 11 is 0. The third-order valence-corrected chi connectivity index (χ3v) is 6.02. The number of H-pyrrole nitrogens is 1. The molecule has 0 fully saturated rings. The zero-order valence-electron chi connectivity index (χ0n) is 20.3. The number of imidazole rings is 1. The van der Waals surface area contributed by atoms with Crippen molar-refractivity contribution in [2.75, 3.05) is 27.9 Å². The normalized spacial score (nSPS) is 14.4. The molecule has 0 aliphatic carbocycles. The summed E-state index contributed by atoms with van der Waals surface area (Å²) in [4.78, 5) is 27.9. The van der Waals surface area contributed by atoms with Crippen molar-refractivity contribution in [1.29, 1.82) is 0 Å². The van der Waals surface area contributed by atoms with Gasteiger partial charge in [0.25, 0.3) is 5.91 Å². The molecule has 3 aromatic carbocycles. The minimum Gasteiger partial charge on any atom is -0.497 e. The molecule has 4 aromatic rings. The van der Waals surface area contributed by atoms with Gasteiger partial charge in [0.15, 0.2) is 11.5 Å². The highest BCUT2D eigenvalue weighted by Crippen LogP contribution is 2.30. The van der Waals surface area contributed by atoms with E-state index < -0.39 is 0 Å². The summed E-state index contributed by atoms with van der Waals surface area (Å²) in [5.41, 5.74) is 3.83. The molecular weight excluding hydrogens is 456 g/mol. The van der Waals surface area contributed by atoms with Crippen molar-refractivity contribution >= 4 is 28.9 Å². The third-order valence-electron chi connectivity index (χ3n) is 6.02. The van der Waals surface area contributed by atoms with Gasteiger partial charge in [0.1, 0.15) is 23.1 Å². The second kappa shape index (κ2) is 9.95. The Kier molecular flexibility index (Phi) is 6.40. The topological polar surface area (TPSA) is 89.0 Å². The second-order valence-corrected chi connectivity index (χ2v) is 8.22. The van der Waals surface area contributed by atoms with Gasteiger partial charge in [0.05, 0.1) is 32.4 Å². The fourth-order valence-electron chi connectivity index (χ4n) is 4.16. The van der Waals surface area contributed by atoms with E-state index in [2.05, 4.69) is 9.97 Å². The molecule has 1 aliphatic rings. The number of carbonyl (C=O) groups is 1. The van der Waals surface area contributed by atoms with E-state index in [9.17, 15) is 4.79 Å².